The molecule has 0 aromatic rings. The lowest BCUT2D eigenvalue weighted by Gasteiger charge is -2.34. The van der Waals surface area contributed by atoms with Gasteiger partial charge in [-0.1, -0.05) is 13.8 Å². The molecule has 1 saturated carbocycles. The Bertz CT molecular complexity index is 376. The van der Waals surface area contributed by atoms with Gasteiger partial charge >= 0.3 is 0 Å². The number of nitrogens with one attached hydrogen (secondary N) is 2. The predicted octanol–water partition coefficient (Wildman–Crippen LogP) is 1.87. The fraction of sp³-hybridized carbons (Fsp3) is 1.00. The lowest BCUT2D eigenvalue weighted by atomic mass is 9.76. The van der Waals surface area contributed by atoms with Crippen molar-refractivity contribution >= 4 is 10.0 Å². The normalized spacial score (nSPS) is 29.3. The van der Waals surface area contributed by atoms with Crippen molar-refractivity contribution in [1.82, 2.24) is 10.0 Å². The van der Waals surface area contributed by atoms with Gasteiger partial charge in [-0.05, 0) is 62.9 Å². The number of piperidine rings is 1. The maximum Gasteiger partial charge on any atom is 0.212 e. The topological polar surface area (TPSA) is 58.2 Å². The molecule has 5 heteroatoms. The van der Waals surface area contributed by atoms with Crippen LogP contribution in [0.1, 0.15) is 52.4 Å². The summed E-state index contributed by atoms with van der Waals surface area (Å²) in [5, 5.41) is 3.28. The molecule has 0 spiro atoms. The van der Waals surface area contributed by atoms with Crippen molar-refractivity contribution in [2.75, 3.05) is 18.8 Å². The first-order valence-electron chi connectivity index (χ1n) is 7.57. The summed E-state index contributed by atoms with van der Waals surface area (Å²) >= 11 is 0. The summed E-state index contributed by atoms with van der Waals surface area (Å²) in [4.78, 5) is 0. The summed E-state index contributed by atoms with van der Waals surface area (Å²) in [6.07, 6.45) is 6.32. The van der Waals surface area contributed by atoms with Crippen molar-refractivity contribution in [1.29, 1.82) is 0 Å². The van der Waals surface area contributed by atoms with Crippen molar-refractivity contribution in [3.8, 4) is 0 Å². The van der Waals surface area contributed by atoms with Gasteiger partial charge in [-0.3, -0.25) is 0 Å². The maximum absolute atomic E-state index is 12.2. The van der Waals surface area contributed by atoms with Crippen molar-refractivity contribution < 1.29 is 8.42 Å². The number of hydrogen-bond acceptors (Lipinski definition) is 3. The van der Waals surface area contributed by atoms with Crippen LogP contribution < -0.4 is 10.0 Å². The van der Waals surface area contributed by atoms with Crippen LogP contribution in [0.2, 0.25) is 0 Å². The van der Waals surface area contributed by atoms with Crippen LogP contribution in [0.25, 0.3) is 0 Å². The minimum absolute atomic E-state index is 0.162. The zero-order valence-electron chi connectivity index (χ0n) is 12.2. The van der Waals surface area contributed by atoms with Gasteiger partial charge in [0.1, 0.15) is 0 Å². The van der Waals surface area contributed by atoms with E-state index >= 15 is 0 Å². The molecule has 2 rings (SSSR count). The average molecular weight is 288 g/mol. The van der Waals surface area contributed by atoms with Gasteiger partial charge in [0.2, 0.25) is 10.0 Å². The molecular formula is C14H28N2O2S. The van der Waals surface area contributed by atoms with Crippen LogP contribution in [0, 0.1) is 11.3 Å². The maximum atomic E-state index is 12.2. The molecule has 0 radical (unpaired) electrons. The largest absolute Gasteiger partial charge is 0.316 e. The van der Waals surface area contributed by atoms with Gasteiger partial charge in [-0.25, -0.2) is 13.1 Å². The second-order valence-corrected chi connectivity index (χ2v) is 8.85. The molecule has 0 aromatic carbocycles. The molecule has 0 amide bonds. The first-order chi connectivity index (χ1) is 8.86. The van der Waals surface area contributed by atoms with Crippen molar-refractivity contribution in [3.05, 3.63) is 0 Å². The average Bonchev–Trinajstić information content (AvgIpc) is 2.32. The summed E-state index contributed by atoms with van der Waals surface area (Å²) in [6, 6.07) is 0.162. The van der Waals surface area contributed by atoms with E-state index in [1.165, 1.54) is 0 Å². The van der Waals surface area contributed by atoms with E-state index in [9.17, 15) is 8.42 Å². The number of sulfonamides is 1. The number of hydrogen-bond donors (Lipinski definition) is 2. The Labute approximate surface area is 117 Å². The summed E-state index contributed by atoms with van der Waals surface area (Å²) in [6.45, 7) is 6.41. The fourth-order valence-electron chi connectivity index (χ4n) is 3.20. The van der Waals surface area contributed by atoms with E-state index < -0.39 is 10.0 Å². The minimum atomic E-state index is -3.11. The summed E-state index contributed by atoms with van der Waals surface area (Å²) in [5.41, 5.74) is 0.384. The third kappa shape index (κ3) is 5.04. The molecule has 1 aliphatic heterocycles. The molecule has 4 nitrogen and oxygen atoms in total. The Morgan fingerprint density at radius 3 is 2.47 bits per heavy atom. The molecule has 0 bridgehead atoms. The molecule has 19 heavy (non-hydrogen) atoms. The van der Waals surface area contributed by atoms with Gasteiger partial charge in [-0.15, -0.1) is 0 Å². The van der Waals surface area contributed by atoms with Gasteiger partial charge in [0.25, 0.3) is 0 Å². The lowest BCUT2D eigenvalue weighted by molar-refractivity contribution is 0.218. The Hall–Kier alpha value is -0.130. The van der Waals surface area contributed by atoms with E-state index in [1.54, 1.807) is 0 Å². The third-order valence-corrected chi connectivity index (χ3v) is 6.14. The molecule has 1 unspecified atom stereocenters. The molecule has 1 heterocycles. The van der Waals surface area contributed by atoms with E-state index in [2.05, 4.69) is 23.9 Å². The number of rotatable bonds is 4. The zero-order chi connectivity index (χ0) is 13.9. The van der Waals surface area contributed by atoms with E-state index in [-0.39, 0.29) is 12.0 Å². The van der Waals surface area contributed by atoms with Crippen LogP contribution in [-0.4, -0.2) is 33.3 Å². The highest BCUT2D eigenvalue weighted by Gasteiger charge is 2.30. The SMILES string of the molecule is CC1(C)CCC(NS(=O)(=O)CC2CCCNC2)CC1. The minimum Gasteiger partial charge on any atom is -0.316 e. The summed E-state index contributed by atoms with van der Waals surface area (Å²) < 4.78 is 27.3. The van der Waals surface area contributed by atoms with E-state index in [1.807, 2.05) is 0 Å². The zero-order valence-corrected chi connectivity index (χ0v) is 13.1. The monoisotopic (exact) mass is 288 g/mol. The van der Waals surface area contributed by atoms with E-state index in [0.717, 1.165) is 51.6 Å². The Kier molecular flexibility index (Phi) is 4.90. The smallest absolute Gasteiger partial charge is 0.212 e. The quantitative estimate of drug-likeness (QED) is 0.830. The Balaban J connectivity index is 1.80. The van der Waals surface area contributed by atoms with Gasteiger partial charge in [0, 0.05) is 6.04 Å². The highest BCUT2D eigenvalue weighted by molar-refractivity contribution is 7.89. The molecule has 1 aliphatic carbocycles. The van der Waals surface area contributed by atoms with Crippen molar-refractivity contribution in [2.24, 2.45) is 11.3 Å². The Morgan fingerprint density at radius 2 is 1.89 bits per heavy atom. The lowest BCUT2D eigenvalue weighted by Crippen LogP contribution is -2.43. The van der Waals surface area contributed by atoms with Crippen LogP contribution in [0.3, 0.4) is 0 Å². The molecule has 2 aliphatic rings. The molecule has 1 atom stereocenters. The first-order valence-corrected chi connectivity index (χ1v) is 9.22. The second kappa shape index (κ2) is 6.10. The van der Waals surface area contributed by atoms with Crippen LogP contribution in [0.15, 0.2) is 0 Å². The summed E-state index contributed by atoms with van der Waals surface area (Å²) in [7, 11) is -3.11. The van der Waals surface area contributed by atoms with Gasteiger partial charge in [0.15, 0.2) is 0 Å². The van der Waals surface area contributed by atoms with Gasteiger partial charge in [-0.2, -0.15) is 0 Å². The molecule has 2 N–H and O–H groups in total. The molecule has 1 saturated heterocycles. The molecule has 112 valence electrons. The highest BCUT2D eigenvalue weighted by atomic mass is 32.2. The van der Waals surface area contributed by atoms with Gasteiger partial charge < -0.3 is 5.32 Å². The first kappa shape index (κ1) is 15.3. The molecule has 2 fully saturated rings. The fourth-order valence-corrected chi connectivity index (χ4v) is 4.94. The summed E-state index contributed by atoms with van der Waals surface area (Å²) in [5.74, 6) is 0.575. The Morgan fingerprint density at radius 1 is 1.21 bits per heavy atom. The molecule has 0 aromatic heterocycles. The van der Waals surface area contributed by atoms with Crippen molar-refractivity contribution in [2.45, 2.75) is 58.4 Å². The van der Waals surface area contributed by atoms with E-state index in [0.29, 0.717) is 11.2 Å². The highest BCUT2D eigenvalue weighted by Crippen LogP contribution is 2.35. The second-order valence-electron chi connectivity index (χ2n) is 7.05. The van der Waals surface area contributed by atoms with Crippen molar-refractivity contribution in [3.63, 3.8) is 0 Å². The third-order valence-electron chi connectivity index (χ3n) is 4.54. The van der Waals surface area contributed by atoms with Crippen LogP contribution >= 0.6 is 0 Å². The van der Waals surface area contributed by atoms with E-state index in [4.69, 9.17) is 0 Å². The van der Waals surface area contributed by atoms with Gasteiger partial charge in [0.05, 0.1) is 5.75 Å². The van der Waals surface area contributed by atoms with Crippen LogP contribution in [0.5, 0.6) is 0 Å². The standard InChI is InChI=1S/C14H28N2O2S/c1-14(2)7-5-13(6-8-14)16-19(17,18)11-12-4-3-9-15-10-12/h12-13,15-16H,3-11H2,1-2H3. The predicted molar refractivity (Wildman–Crippen MR) is 78.6 cm³/mol. The van der Waals surface area contributed by atoms with Crippen LogP contribution in [0.4, 0.5) is 0 Å². The molecular weight excluding hydrogens is 260 g/mol. The van der Waals surface area contributed by atoms with Crippen LogP contribution in [-0.2, 0) is 10.0 Å².